The molecule has 0 radical (unpaired) electrons. The number of carbonyl (C=O) groups is 2. The molecule has 0 aromatic heterocycles. The van der Waals surface area contributed by atoms with E-state index in [2.05, 4.69) is 38.4 Å². The quantitative estimate of drug-likeness (QED) is 0.829. The maximum Gasteiger partial charge on any atom is 0.321 e. The van der Waals surface area contributed by atoms with Crippen molar-refractivity contribution >= 4 is 27.9 Å². The lowest BCUT2D eigenvalue weighted by Crippen LogP contribution is -2.51. The highest BCUT2D eigenvalue weighted by Crippen LogP contribution is 2.23. The highest BCUT2D eigenvalue weighted by molar-refractivity contribution is 9.11. The van der Waals surface area contributed by atoms with Crippen molar-refractivity contribution in [3.05, 3.63) is 10.1 Å². The summed E-state index contributed by atoms with van der Waals surface area (Å²) in [6.07, 6.45) is 2.98. The summed E-state index contributed by atoms with van der Waals surface area (Å²) in [5, 5.41) is 5.16. The number of imide groups is 1. The molecule has 1 aliphatic heterocycles. The maximum absolute atomic E-state index is 12.0. The van der Waals surface area contributed by atoms with Gasteiger partial charge in [-0.25, -0.2) is 4.79 Å². The van der Waals surface area contributed by atoms with E-state index in [1.165, 1.54) is 5.57 Å². The molecule has 1 atom stereocenters. The van der Waals surface area contributed by atoms with E-state index < -0.39 is 0 Å². The van der Waals surface area contributed by atoms with E-state index in [1.807, 2.05) is 6.92 Å². The summed E-state index contributed by atoms with van der Waals surface area (Å²) in [5.74, 6) is -0.238. The Kier molecular flexibility index (Phi) is 4.62. The first kappa shape index (κ1) is 14.5. The summed E-state index contributed by atoms with van der Waals surface area (Å²) in [6.45, 7) is 5.50. The second-order valence-electron chi connectivity index (χ2n) is 5.32. The number of urea groups is 1. The summed E-state index contributed by atoms with van der Waals surface area (Å²) in [7, 11) is 0. The molecule has 2 N–H and O–H groups in total. The fourth-order valence-corrected chi connectivity index (χ4v) is 2.52. The second kappa shape index (κ2) is 6.05. The highest BCUT2D eigenvalue weighted by atomic mass is 79.9. The number of hydrogen-bond donors (Lipinski definition) is 2. The van der Waals surface area contributed by atoms with Gasteiger partial charge in [0.05, 0.1) is 6.04 Å². The van der Waals surface area contributed by atoms with Crippen LogP contribution in [0.25, 0.3) is 0 Å². The van der Waals surface area contributed by atoms with Crippen LogP contribution in [0.1, 0.15) is 33.1 Å². The van der Waals surface area contributed by atoms with Gasteiger partial charge in [0.1, 0.15) is 0 Å². The lowest BCUT2D eigenvalue weighted by molar-refractivity contribution is -0.124. The molecule has 5 nitrogen and oxygen atoms in total. The van der Waals surface area contributed by atoms with Crippen LogP contribution >= 0.6 is 15.9 Å². The van der Waals surface area contributed by atoms with Crippen LogP contribution in [0.5, 0.6) is 0 Å². The van der Waals surface area contributed by atoms with Gasteiger partial charge in [0, 0.05) is 23.6 Å². The van der Waals surface area contributed by atoms with Gasteiger partial charge in [-0.15, -0.1) is 0 Å². The molecule has 106 valence electrons. The largest absolute Gasteiger partial charge is 0.335 e. The summed E-state index contributed by atoms with van der Waals surface area (Å²) < 4.78 is 1.14. The van der Waals surface area contributed by atoms with Crippen LogP contribution in [0.2, 0.25) is 0 Å². The first-order chi connectivity index (χ1) is 8.97. The van der Waals surface area contributed by atoms with E-state index in [4.69, 9.17) is 0 Å². The first-order valence-electron chi connectivity index (χ1n) is 6.67. The predicted octanol–water partition coefficient (Wildman–Crippen LogP) is 1.74. The Morgan fingerprint density at radius 1 is 1.42 bits per heavy atom. The van der Waals surface area contributed by atoms with Crippen LogP contribution < -0.4 is 10.6 Å². The Labute approximate surface area is 121 Å². The van der Waals surface area contributed by atoms with Crippen molar-refractivity contribution in [3.8, 4) is 0 Å². The smallest absolute Gasteiger partial charge is 0.321 e. The average Bonchev–Trinajstić information content (AvgIpc) is 3.15. The van der Waals surface area contributed by atoms with E-state index in [-0.39, 0.29) is 24.0 Å². The highest BCUT2D eigenvalue weighted by Gasteiger charge is 2.28. The van der Waals surface area contributed by atoms with Gasteiger partial charge in [-0.1, -0.05) is 21.5 Å². The zero-order chi connectivity index (χ0) is 14.0. The van der Waals surface area contributed by atoms with Gasteiger partial charge in [-0.3, -0.25) is 15.0 Å². The third-order valence-corrected chi connectivity index (χ3v) is 4.58. The zero-order valence-electron chi connectivity index (χ0n) is 11.3. The molecule has 1 heterocycles. The van der Waals surface area contributed by atoms with Crippen molar-refractivity contribution in [2.75, 3.05) is 13.1 Å². The van der Waals surface area contributed by atoms with Gasteiger partial charge < -0.3 is 5.32 Å². The SMILES string of the molecule is CC1=C(Br)CN([C@@H](C)C(=O)NC(=O)NC2CC2)CC1. The van der Waals surface area contributed by atoms with Gasteiger partial charge in [-0.2, -0.15) is 0 Å². The minimum absolute atomic E-state index is 0.238. The molecule has 1 fully saturated rings. The minimum Gasteiger partial charge on any atom is -0.335 e. The number of nitrogens with one attached hydrogen (secondary N) is 2. The summed E-state index contributed by atoms with van der Waals surface area (Å²) in [4.78, 5) is 25.6. The molecule has 1 saturated carbocycles. The number of amides is 3. The Morgan fingerprint density at radius 3 is 2.68 bits per heavy atom. The number of halogens is 1. The van der Waals surface area contributed by atoms with Gasteiger partial charge in [0.15, 0.2) is 0 Å². The molecule has 0 spiro atoms. The second-order valence-corrected chi connectivity index (χ2v) is 6.28. The Morgan fingerprint density at radius 2 is 2.11 bits per heavy atom. The van der Waals surface area contributed by atoms with Crippen LogP contribution in [0.4, 0.5) is 4.79 Å². The third kappa shape index (κ3) is 4.04. The van der Waals surface area contributed by atoms with Crippen LogP contribution in [-0.4, -0.2) is 42.0 Å². The molecule has 1 aliphatic carbocycles. The standard InChI is InChI=1S/C13H20BrN3O2/c1-8-5-6-17(7-11(8)14)9(2)12(18)16-13(19)15-10-3-4-10/h9-10H,3-7H2,1-2H3,(H2,15,16,18,19)/t9-/m0/s1. The molecule has 0 saturated heterocycles. The molecule has 2 rings (SSSR count). The molecular formula is C13H20BrN3O2. The van der Waals surface area contributed by atoms with E-state index in [0.717, 1.165) is 36.8 Å². The molecule has 0 aromatic carbocycles. The number of nitrogens with zero attached hydrogens (tertiary/aromatic N) is 1. The lowest BCUT2D eigenvalue weighted by Gasteiger charge is -2.31. The van der Waals surface area contributed by atoms with Gasteiger partial charge in [0.2, 0.25) is 5.91 Å². The maximum atomic E-state index is 12.0. The fourth-order valence-electron chi connectivity index (χ4n) is 2.00. The molecule has 0 bridgehead atoms. The summed E-state index contributed by atoms with van der Waals surface area (Å²) >= 11 is 3.53. The van der Waals surface area contributed by atoms with Crippen molar-refractivity contribution in [2.24, 2.45) is 0 Å². The Hall–Kier alpha value is -0.880. The van der Waals surface area contributed by atoms with E-state index in [1.54, 1.807) is 0 Å². The first-order valence-corrected chi connectivity index (χ1v) is 7.46. The van der Waals surface area contributed by atoms with Crippen molar-refractivity contribution < 1.29 is 9.59 Å². The van der Waals surface area contributed by atoms with Gasteiger partial charge in [-0.05, 0) is 33.1 Å². The monoisotopic (exact) mass is 329 g/mol. The molecule has 0 unspecified atom stereocenters. The summed E-state index contributed by atoms with van der Waals surface area (Å²) in [6, 6.07) is -0.412. The molecule has 6 heteroatoms. The van der Waals surface area contributed by atoms with Crippen LogP contribution in [0, 0.1) is 0 Å². The molecule has 3 amide bonds. The minimum atomic E-state index is -0.373. The van der Waals surface area contributed by atoms with Gasteiger partial charge >= 0.3 is 6.03 Å². The number of carbonyl (C=O) groups excluding carboxylic acids is 2. The molecular weight excluding hydrogens is 310 g/mol. The fraction of sp³-hybridized carbons (Fsp3) is 0.692. The van der Waals surface area contributed by atoms with Crippen LogP contribution in [-0.2, 0) is 4.79 Å². The van der Waals surface area contributed by atoms with E-state index in [0.29, 0.717) is 0 Å². The summed E-state index contributed by atoms with van der Waals surface area (Å²) in [5.41, 5.74) is 1.33. The normalized spacial score (nSPS) is 22.1. The molecule has 19 heavy (non-hydrogen) atoms. The van der Waals surface area contributed by atoms with Crippen LogP contribution in [0.15, 0.2) is 10.1 Å². The van der Waals surface area contributed by atoms with Gasteiger partial charge in [0.25, 0.3) is 0 Å². The van der Waals surface area contributed by atoms with Crippen molar-refractivity contribution in [2.45, 2.75) is 45.2 Å². The predicted molar refractivity (Wildman–Crippen MR) is 77.0 cm³/mol. The Bertz CT molecular complexity index is 418. The van der Waals surface area contributed by atoms with Crippen molar-refractivity contribution in [1.82, 2.24) is 15.5 Å². The average molecular weight is 330 g/mol. The van der Waals surface area contributed by atoms with Crippen molar-refractivity contribution in [1.29, 1.82) is 0 Å². The van der Waals surface area contributed by atoms with Crippen molar-refractivity contribution in [3.63, 3.8) is 0 Å². The number of hydrogen-bond acceptors (Lipinski definition) is 3. The third-order valence-electron chi connectivity index (χ3n) is 3.66. The van der Waals surface area contributed by atoms with Crippen LogP contribution in [0.3, 0.4) is 0 Å². The number of rotatable bonds is 3. The molecule has 2 aliphatic rings. The topological polar surface area (TPSA) is 61.4 Å². The van der Waals surface area contributed by atoms with E-state index >= 15 is 0 Å². The zero-order valence-corrected chi connectivity index (χ0v) is 12.9. The lowest BCUT2D eigenvalue weighted by atomic mass is 10.1. The molecule has 0 aromatic rings. The van der Waals surface area contributed by atoms with E-state index in [9.17, 15) is 9.59 Å². The Balaban J connectivity index is 1.83.